The van der Waals surface area contributed by atoms with Gasteiger partial charge in [-0.2, -0.15) is 21.6 Å². The van der Waals surface area contributed by atoms with Gasteiger partial charge in [0.25, 0.3) is 5.13 Å². The molecule has 1 unspecified atom stereocenters. The van der Waals surface area contributed by atoms with Crippen LogP contribution in [-0.2, 0) is 14.8 Å². The molecule has 0 bridgehead atoms. The smallest absolute Gasteiger partial charge is 0.461 e. The Balaban J connectivity index is 2.07. The van der Waals surface area contributed by atoms with Crippen molar-refractivity contribution < 1.29 is 31.1 Å². The highest BCUT2D eigenvalue weighted by molar-refractivity contribution is 7.93. The topological polar surface area (TPSA) is 126 Å². The van der Waals surface area contributed by atoms with Gasteiger partial charge in [0.1, 0.15) is 5.69 Å². The number of carbonyl (C=O) groups is 1. The molecule has 186 valence electrons. The molecule has 3 rings (SSSR count). The normalized spacial score (nSPS) is 18.1. The Morgan fingerprint density at radius 1 is 1.32 bits per heavy atom. The third-order valence-corrected chi connectivity index (χ3v) is 7.29. The molecule has 15 heteroatoms. The van der Waals surface area contributed by atoms with E-state index in [-0.39, 0.29) is 33.9 Å². The maximum absolute atomic E-state index is 13.1. The molecule has 0 spiro atoms. The lowest BCUT2D eigenvalue weighted by Crippen LogP contribution is -2.45. The summed E-state index contributed by atoms with van der Waals surface area (Å²) in [5, 5.41) is 15.0. The van der Waals surface area contributed by atoms with Crippen LogP contribution in [0, 0.1) is 0 Å². The molecular formula is C19H23F3N6O4S2. The van der Waals surface area contributed by atoms with Gasteiger partial charge in [0, 0.05) is 18.3 Å². The lowest BCUT2D eigenvalue weighted by atomic mass is 9.80. The molecule has 1 aromatic carbocycles. The van der Waals surface area contributed by atoms with Crippen molar-refractivity contribution in [2.75, 3.05) is 23.3 Å². The van der Waals surface area contributed by atoms with Crippen molar-refractivity contribution in [3.63, 3.8) is 0 Å². The summed E-state index contributed by atoms with van der Waals surface area (Å²) in [7, 11) is -3.93. The minimum absolute atomic E-state index is 0.0142. The first-order valence-electron chi connectivity index (χ1n) is 10.1. The standard InChI is InChI=1S/C19H23F3N6O4S2/c1-6-32-16(29)15-24-26-17(33-15)25-23-12-7-11-10(2)9-18(3,4)28(5)14(11)8-13(12)27-34(30,31)19(20,21)22/h7-8,10,27H,6,9H2,1-5H3. The van der Waals surface area contributed by atoms with E-state index in [0.717, 1.165) is 23.3 Å². The summed E-state index contributed by atoms with van der Waals surface area (Å²) in [5.74, 6) is -0.686. The number of esters is 1. The molecule has 1 aliphatic heterocycles. The van der Waals surface area contributed by atoms with Crippen LogP contribution in [0.25, 0.3) is 0 Å². The number of fused-ring (bicyclic) bond motifs is 1. The van der Waals surface area contributed by atoms with E-state index >= 15 is 0 Å². The number of rotatable bonds is 6. The number of benzene rings is 1. The largest absolute Gasteiger partial charge is 0.516 e. The number of aromatic nitrogens is 2. The number of ether oxygens (including phenoxy) is 1. The van der Waals surface area contributed by atoms with Crippen LogP contribution in [0.5, 0.6) is 0 Å². The number of alkyl halides is 3. The maximum Gasteiger partial charge on any atom is 0.516 e. The van der Waals surface area contributed by atoms with Gasteiger partial charge in [-0.15, -0.1) is 20.4 Å². The summed E-state index contributed by atoms with van der Waals surface area (Å²) in [6, 6.07) is 2.81. The van der Waals surface area contributed by atoms with Gasteiger partial charge in [-0.25, -0.2) is 4.79 Å². The van der Waals surface area contributed by atoms with E-state index < -0.39 is 27.2 Å². The average Bonchev–Trinajstić information content (AvgIpc) is 3.19. The molecule has 0 aliphatic carbocycles. The summed E-state index contributed by atoms with van der Waals surface area (Å²) in [6.07, 6.45) is 0.750. The second-order valence-corrected chi connectivity index (χ2v) is 10.9. The van der Waals surface area contributed by atoms with E-state index in [1.165, 1.54) is 12.1 Å². The van der Waals surface area contributed by atoms with E-state index in [4.69, 9.17) is 4.74 Å². The van der Waals surface area contributed by atoms with Crippen LogP contribution < -0.4 is 9.62 Å². The number of nitrogens with zero attached hydrogens (tertiary/aromatic N) is 5. The average molecular weight is 521 g/mol. The highest BCUT2D eigenvalue weighted by Crippen LogP contribution is 2.47. The fraction of sp³-hybridized carbons (Fsp3) is 0.526. The number of hydrogen-bond donors (Lipinski definition) is 1. The molecule has 0 fully saturated rings. The van der Waals surface area contributed by atoms with Crippen LogP contribution in [0.4, 0.5) is 35.4 Å². The third kappa shape index (κ3) is 5.14. The van der Waals surface area contributed by atoms with Gasteiger partial charge in [-0.05, 0) is 50.8 Å². The fourth-order valence-corrected chi connectivity index (χ4v) is 4.72. The van der Waals surface area contributed by atoms with Crippen LogP contribution in [0.3, 0.4) is 0 Å². The molecule has 0 saturated heterocycles. The molecule has 0 saturated carbocycles. The number of anilines is 2. The van der Waals surface area contributed by atoms with Gasteiger partial charge in [0.15, 0.2) is 0 Å². The first kappa shape index (κ1) is 25.8. The Labute approximate surface area is 198 Å². The van der Waals surface area contributed by atoms with Crippen LogP contribution >= 0.6 is 11.3 Å². The van der Waals surface area contributed by atoms with E-state index in [2.05, 4.69) is 20.4 Å². The molecule has 34 heavy (non-hydrogen) atoms. The van der Waals surface area contributed by atoms with Gasteiger partial charge in [0.05, 0.1) is 12.3 Å². The SMILES string of the molecule is CCOC(=O)c1nnc(N=Nc2cc3c(cc2NS(=O)(=O)C(F)(F)F)N(C)C(C)(C)CC3C)s1. The van der Waals surface area contributed by atoms with Crippen molar-refractivity contribution in [3.8, 4) is 0 Å². The maximum atomic E-state index is 13.1. The third-order valence-electron chi connectivity index (χ3n) is 5.41. The summed E-state index contributed by atoms with van der Waals surface area (Å²) in [4.78, 5) is 13.6. The zero-order chi connectivity index (χ0) is 25.5. The highest BCUT2D eigenvalue weighted by atomic mass is 32.2. The van der Waals surface area contributed by atoms with Gasteiger partial charge >= 0.3 is 21.5 Å². The lowest BCUT2D eigenvalue weighted by Gasteiger charge is -2.45. The van der Waals surface area contributed by atoms with E-state index in [9.17, 15) is 26.4 Å². The molecule has 10 nitrogen and oxygen atoms in total. The molecule has 1 aliphatic rings. The van der Waals surface area contributed by atoms with Crippen LogP contribution in [-0.4, -0.2) is 49.3 Å². The van der Waals surface area contributed by atoms with Crippen molar-refractivity contribution in [1.82, 2.24) is 10.2 Å². The monoisotopic (exact) mass is 520 g/mol. The predicted molar refractivity (Wildman–Crippen MR) is 121 cm³/mol. The summed E-state index contributed by atoms with van der Waals surface area (Å²) < 4.78 is 69.3. The highest BCUT2D eigenvalue weighted by Gasteiger charge is 2.46. The number of carbonyl (C=O) groups excluding carboxylic acids is 1. The van der Waals surface area contributed by atoms with Crippen LogP contribution in [0.2, 0.25) is 0 Å². The second kappa shape index (κ2) is 9.09. The van der Waals surface area contributed by atoms with Gasteiger partial charge in [-0.1, -0.05) is 18.3 Å². The Hall–Kier alpha value is -2.81. The zero-order valence-corrected chi connectivity index (χ0v) is 20.6. The second-order valence-electron chi connectivity index (χ2n) is 8.27. The number of nitrogens with one attached hydrogen (secondary N) is 1. The molecule has 1 aromatic heterocycles. The van der Waals surface area contributed by atoms with Gasteiger partial charge in [0.2, 0.25) is 5.01 Å². The Kier molecular flexibility index (Phi) is 6.90. The van der Waals surface area contributed by atoms with Crippen molar-refractivity contribution in [2.45, 2.75) is 51.1 Å². The number of sulfonamides is 1. The first-order chi connectivity index (χ1) is 15.7. The molecule has 1 N–H and O–H groups in total. The van der Waals surface area contributed by atoms with Gasteiger partial charge < -0.3 is 9.64 Å². The lowest BCUT2D eigenvalue weighted by molar-refractivity contribution is -0.0429. The predicted octanol–water partition coefficient (Wildman–Crippen LogP) is 5.11. The molecule has 2 aromatic rings. The van der Waals surface area contributed by atoms with Crippen LogP contribution in [0.15, 0.2) is 22.4 Å². The van der Waals surface area contributed by atoms with Crippen LogP contribution in [0.1, 0.15) is 55.4 Å². The van der Waals surface area contributed by atoms with Gasteiger partial charge in [-0.3, -0.25) is 4.72 Å². The van der Waals surface area contributed by atoms with Crippen molar-refractivity contribution in [2.24, 2.45) is 10.2 Å². The molecular weight excluding hydrogens is 497 g/mol. The van der Waals surface area contributed by atoms with Crippen molar-refractivity contribution >= 4 is 49.5 Å². The minimum Gasteiger partial charge on any atom is -0.461 e. The summed E-state index contributed by atoms with van der Waals surface area (Å²) in [6.45, 7) is 7.69. The van der Waals surface area contributed by atoms with E-state index in [1.54, 1.807) is 18.7 Å². The molecule has 0 amide bonds. The van der Waals surface area contributed by atoms with Crippen molar-refractivity contribution in [1.29, 1.82) is 0 Å². The summed E-state index contributed by atoms with van der Waals surface area (Å²) in [5.41, 5.74) is -5.03. The first-order valence-corrected chi connectivity index (χ1v) is 12.4. The zero-order valence-electron chi connectivity index (χ0n) is 19.0. The molecule has 1 atom stereocenters. The Bertz CT molecular complexity index is 1230. The Morgan fingerprint density at radius 3 is 2.62 bits per heavy atom. The quantitative estimate of drug-likeness (QED) is 0.414. The van der Waals surface area contributed by atoms with E-state index in [1.807, 2.05) is 25.7 Å². The Morgan fingerprint density at radius 2 is 2.00 bits per heavy atom. The number of hydrogen-bond acceptors (Lipinski definition) is 10. The molecule has 0 radical (unpaired) electrons. The summed E-state index contributed by atoms with van der Waals surface area (Å²) >= 11 is 0.769. The number of halogens is 3. The molecule has 2 heterocycles. The fourth-order valence-electron chi connectivity index (χ4n) is 3.60. The van der Waals surface area contributed by atoms with Crippen molar-refractivity contribution in [3.05, 3.63) is 22.7 Å². The number of azo groups is 1. The minimum atomic E-state index is -5.71. The van der Waals surface area contributed by atoms with E-state index in [0.29, 0.717) is 5.69 Å².